The van der Waals surface area contributed by atoms with Gasteiger partial charge in [-0.15, -0.1) is 0 Å². The van der Waals surface area contributed by atoms with Crippen LogP contribution in [0.2, 0.25) is 0 Å². The van der Waals surface area contributed by atoms with Crippen LogP contribution < -0.4 is 10.6 Å². The molecule has 31 heavy (non-hydrogen) atoms. The van der Waals surface area contributed by atoms with Crippen molar-refractivity contribution in [3.8, 4) is 0 Å². The van der Waals surface area contributed by atoms with Gasteiger partial charge in [0.2, 0.25) is 17.7 Å². The Balaban J connectivity index is 1.94. The molecule has 0 bridgehead atoms. The average Bonchev–Trinajstić information content (AvgIpc) is 3.25. The number of amides is 3. The number of benzene rings is 1. The summed E-state index contributed by atoms with van der Waals surface area (Å²) in [6, 6.07) is 11.0. The fourth-order valence-electron chi connectivity index (χ4n) is 3.35. The monoisotopic (exact) mass is 427 g/mol. The summed E-state index contributed by atoms with van der Waals surface area (Å²) in [6.07, 6.45) is 5.03. The Bertz CT molecular complexity index is 848. The van der Waals surface area contributed by atoms with Crippen molar-refractivity contribution in [1.82, 2.24) is 10.2 Å². The maximum atomic E-state index is 13.1. The molecular weight excluding hydrogens is 394 g/mol. The minimum Gasteiger partial charge on any atom is -0.467 e. The van der Waals surface area contributed by atoms with Gasteiger partial charge in [-0.2, -0.15) is 0 Å². The summed E-state index contributed by atoms with van der Waals surface area (Å²) < 4.78 is 5.37. The topological polar surface area (TPSA) is 91.7 Å². The summed E-state index contributed by atoms with van der Waals surface area (Å²) >= 11 is 0. The number of unbranched alkanes of at least 4 members (excludes halogenated alkanes) is 1. The lowest BCUT2D eigenvalue weighted by Gasteiger charge is -2.26. The number of hydrogen-bond donors (Lipinski definition) is 2. The second kappa shape index (κ2) is 12.6. The lowest BCUT2D eigenvalue weighted by Crippen LogP contribution is -2.44. The van der Waals surface area contributed by atoms with Crippen LogP contribution in [0.15, 0.2) is 47.1 Å². The van der Waals surface area contributed by atoms with Crippen LogP contribution in [-0.4, -0.2) is 35.7 Å². The van der Waals surface area contributed by atoms with Gasteiger partial charge in [-0.1, -0.05) is 38.8 Å². The van der Waals surface area contributed by atoms with Gasteiger partial charge in [0.05, 0.1) is 19.4 Å². The highest BCUT2D eigenvalue weighted by atomic mass is 16.3. The van der Waals surface area contributed by atoms with Gasteiger partial charge in [0, 0.05) is 11.6 Å². The Morgan fingerprint density at radius 3 is 2.55 bits per heavy atom. The number of carbonyl (C=O) groups excluding carboxylic acids is 3. The molecule has 1 heterocycles. The molecule has 168 valence electrons. The number of anilines is 1. The van der Waals surface area contributed by atoms with Crippen LogP contribution in [0, 0.1) is 12.8 Å². The van der Waals surface area contributed by atoms with Gasteiger partial charge in [0.25, 0.3) is 0 Å². The number of hydrogen-bond acceptors (Lipinski definition) is 4. The summed E-state index contributed by atoms with van der Waals surface area (Å²) in [6.45, 7) is 5.94. The third kappa shape index (κ3) is 8.28. The van der Waals surface area contributed by atoms with Crippen LogP contribution in [0.25, 0.3) is 0 Å². The van der Waals surface area contributed by atoms with Crippen LogP contribution in [0.1, 0.15) is 50.9 Å². The number of rotatable bonds is 12. The molecule has 1 unspecified atom stereocenters. The first kappa shape index (κ1) is 24.2. The van der Waals surface area contributed by atoms with Gasteiger partial charge >= 0.3 is 0 Å². The number of aryl methyl sites for hydroxylation is 1. The predicted octanol–water partition coefficient (Wildman–Crippen LogP) is 3.89. The molecule has 0 radical (unpaired) electrons. The van der Waals surface area contributed by atoms with Crippen molar-refractivity contribution in [2.75, 3.05) is 18.4 Å². The van der Waals surface area contributed by atoms with Gasteiger partial charge in [-0.25, -0.2) is 0 Å². The van der Waals surface area contributed by atoms with E-state index in [1.54, 1.807) is 24.5 Å². The Hall–Kier alpha value is -3.09. The molecule has 3 amide bonds. The zero-order valence-corrected chi connectivity index (χ0v) is 18.6. The zero-order valence-electron chi connectivity index (χ0n) is 18.6. The van der Waals surface area contributed by atoms with E-state index in [1.165, 1.54) is 4.90 Å². The zero-order chi connectivity index (χ0) is 22.6. The minimum atomic E-state index is -0.385. The maximum absolute atomic E-state index is 13.1. The predicted molar refractivity (Wildman–Crippen MR) is 120 cm³/mol. The first-order chi connectivity index (χ1) is 14.9. The lowest BCUT2D eigenvalue weighted by molar-refractivity contribution is -0.140. The Morgan fingerprint density at radius 2 is 1.90 bits per heavy atom. The molecule has 0 aliphatic heterocycles. The third-order valence-corrected chi connectivity index (χ3v) is 5.07. The molecule has 0 aliphatic carbocycles. The standard InChI is InChI=1S/C24H33N3O4/c1-4-6-10-19(5-2)24(30)27(16-21-12-8-13-31-21)17-23(29)25-15-22(28)26-20-11-7-9-18(3)14-20/h7-9,11-14,19H,4-6,10,15-17H2,1-3H3,(H,25,29)(H,26,28). The van der Waals surface area contributed by atoms with Crippen LogP contribution in [0.5, 0.6) is 0 Å². The number of carbonyl (C=O) groups is 3. The van der Waals surface area contributed by atoms with E-state index in [9.17, 15) is 14.4 Å². The van der Waals surface area contributed by atoms with Gasteiger partial charge in [-0.05, 0) is 49.6 Å². The third-order valence-electron chi connectivity index (χ3n) is 5.07. The van der Waals surface area contributed by atoms with E-state index in [-0.39, 0.29) is 43.3 Å². The van der Waals surface area contributed by atoms with E-state index in [4.69, 9.17) is 4.42 Å². The first-order valence-corrected chi connectivity index (χ1v) is 10.9. The Morgan fingerprint density at radius 1 is 1.10 bits per heavy atom. The minimum absolute atomic E-state index is 0.0632. The summed E-state index contributed by atoms with van der Waals surface area (Å²) in [5.74, 6) is -0.287. The van der Waals surface area contributed by atoms with Crippen molar-refractivity contribution in [2.24, 2.45) is 5.92 Å². The van der Waals surface area contributed by atoms with Crippen LogP contribution in [0.4, 0.5) is 5.69 Å². The molecule has 7 nitrogen and oxygen atoms in total. The van der Waals surface area contributed by atoms with E-state index >= 15 is 0 Å². The van der Waals surface area contributed by atoms with E-state index < -0.39 is 0 Å². The number of furan rings is 1. The van der Waals surface area contributed by atoms with E-state index in [2.05, 4.69) is 17.6 Å². The van der Waals surface area contributed by atoms with Crippen molar-refractivity contribution < 1.29 is 18.8 Å². The average molecular weight is 428 g/mol. The molecule has 7 heteroatoms. The molecule has 0 saturated carbocycles. The molecular formula is C24H33N3O4. The first-order valence-electron chi connectivity index (χ1n) is 10.9. The second-order valence-electron chi connectivity index (χ2n) is 7.72. The normalized spacial score (nSPS) is 11.6. The molecule has 1 atom stereocenters. The summed E-state index contributed by atoms with van der Waals surface area (Å²) in [5, 5.41) is 5.36. The second-order valence-corrected chi connectivity index (χ2v) is 7.72. The molecule has 0 spiro atoms. The van der Waals surface area contributed by atoms with Gasteiger partial charge in [0.15, 0.2) is 0 Å². The largest absolute Gasteiger partial charge is 0.467 e. The number of nitrogens with zero attached hydrogens (tertiary/aromatic N) is 1. The molecule has 0 fully saturated rings. The van der Waals surface area contributed by atoms with Crippen LogP contribution in [-0.2, 0) is 20.9 Å². The number of nitrogens with one attached hydrogen (secondary N) is 2. The smallest absolute Gasteiger partial charge is 0.243 e. The highest BCUT2D eigenvalue weighted by Gasteiger charge is 2.25. The highest BCUT2D eigenvalue weighted by Crippen LogP contribution is 2.18. The van der Waals surface area contributed by atoms with E-state index in [0.29, 0.717) is 17.9 Å². The molecule has 2 aromatic rings. The van der Waals surface area contributed by atoms with Crippen molar-refractivity contribution in [2.45, 2.75) is 53.0 Å². The lowest BCUT2D eigenvalue weighted by atomic mass is 9.97. The summed E-state index contributed by atoms with van der Waals surface area (Å²) in [4.78, 5) is 39.3. The SMILES string of the molecule is CCCCC(CC)C(=O)N(CC(=O)NCC(=O)Nc1cccc(C)c1)Cc1ccco1. The molecule has 0 saturated heterocycles. The van der Waals surface area contributed by atoms with Crippen molar-refractivity contribution in [3.63, 3.8) is 0 Å². The van der Waals surface area contributed by atoms with E-state index in [1.807, 2.05) is 32.0 Å². The van der Waals surface area contributed by atoms with Crippen molar-refractivity contribution >= 4 is 23.4 Å². The van der Waals surface area contributed by atoms with Gasteiger partial charge in [0.1, 0.15) is 12.3 Å². The van der Waals surface area contributed by atoms with Crippen molar-refractivity contribution in [1.29, 1.82) is 0 Å². The molecule has 0 aliphatic rings. The highest BCUT2D eigenvalue weighted by molar-refractivity contribution is 5.95. The van der Waals surface area contributed by atoms with Crippen LogP contribution in [0.3, 0.4) is 0 Å². The quantitative estimate of drug-likeness (QED) is 0.538. The summed E-state index contributed by atoms with van der Waals surface area (Å²) in [7, 11) is 0. The van der Waals surface area contributed by atoms with Crippen molar-refractivity contribution in [3.05, 3.63) is 54.0 Å². The van der Waals surface area contributed by atoms with E-state index in [0.717, 1.165) is 24.8 Å². The molecule has 1 aromatic carbocycles. The fourth-order valence-corrected chi connectivity index (χ4v) is 3.35. The maximum Gasteiger partial charge on any atom is 0.243 e. The molecule has 2 N–H and O–H groups in total. The fraction of sp³-hybridized carbons (Fsp3) is 0.458. The van der Waals surface area contributed by atoms with Gasteiger partial charge in [-0.3, -0.25) is 14.4 Å². The van der Waals surface area contributed by atoms with Gasteiger partial charge < -0.3 is 20.0 Å². The summed E-state index contributed by atoms with van der Waals surface area (Å²) in [5.41, 5.74) is 1.71. The Labute approximate surface area is 184 Å². The Kier molecular flexibility index (Phi) is 9.81. The van der Waals surface area contributed by atoms with Crippen LogP contribution >= 0.6 is 0 Å². The molecule has 2 rings (SSSR count). The molecule has 1 aromatic heterocycles.